The van der Waals surface area contributed by atoms with Crippen LogP contribution in [-0.4, -0.2) is 25.5 Å². The fraction of sp³-hybridized carbons (Fsp3) is 0.462. The molecule has 0 saturated heterocycles. The van der Waals surface area contributed by atoms with Gasteiger partial charge in [-0.25, -0.2) is 0 Å². The van der Waals surface area contributed by atoms with E-state index in [4.69, 9.17) is 11.6 Å². The van der Waals surface area contributed by atoms with Crippen LogP contribution in [0.5, 0.6) is 0 Å². The van der Waals surface area contributed by atoms with Crippen LogP contribution in [0, 0.1) is 0 Å². The number of rotatable bonds is 7. The molecule has 0 aromatic heterocycles. The first-order valence-electron chi connectivity index (χ1n) is 5.94. The molecule has 0 saturated carbocycles. The fourth-order valence-electron chi connectivity index (χ4n) is 1.51. The van der Waals surface area contributed by atoms with Gasteiger partial charge in [0.15, 0.2) is 0 Å². The van der Waals surface area contributed by atoms with Crippen LogP contribution in [-0.2, 0) is 11.2 Å². The molecule has 1 aromatic rings. The molecule has 0 atom stereocenters. The lowest BCUT2D eigenvalue weighted by Crippen LogP contribution is -2.28. The molecule has 2 N–H and O–H groups in total. The first-order valence-corrected chi connectivity index (χ1v) is 6.32. The quantitative estimate of drug-likeness (QED) is 0.731. The first-order chi connectivity index (χ1) is 8.22. The van der Waals surface area contributed by atoms with Crippen molar-refractivity contribution in [3.63, 3.8) is 0 Å². The minimum absolute atomic E-state index is 0.0452. The molecule has 0 radical (unpaired) electrons. The van der Waals surface area contributed by atoms with Crippen LogP contribution in [0.1, 0.15) is 18.9 Å². The van der Waals surface area contributed by atoms with E-state index < -0.39 is 0 Å². The topological polar surface area (TPSA) is 41.1 Å². The minimum Gasteiger partial charge on any atom is -0.356 e. The Morgan fingerprint density at radius 3 is 2.88 bits per heavy atom. The lowest BCUT2D eigenvalue weighted by Gasteiger charge is -2.05. The van der Waals surface area contributed by atoms with Gasteiger partial charge >= 0.3 is 0 Å². The van der Waals surface area contributed by atoms with Crippen LogP contribution < -0.4 is 10.6 Å². The molecule has 1 amide bonds. The molecule has 17 heavy (non-hydrogen) atoms. The number of carbonyl (C=O) groups is 1. The smallest absolute Gasteiger partial charge is 0.224 e. The van der Waals surface area contributed by atoms with Crippen molar-refractivity contribution in [2.45, 2.75) is 19.8 Å². The Kier molecular flexibility index (Phi) is 6.67. The largest absolute Gasteiger partial charge is 0.356 e. The number of halogens is 1. The molecule has 0 unspecified atom stereocenters. The zero-order valence-corrected chi connectivity index (χ0v) is 10.9. The summed E-state index contributed by atoms with van der Waals surface area (Å²) in [4.78, 5) is 11.6. The highest BCUT2D eigenvalue weighted by molar-refractivity contribution is 6.30. The Balaban J connectivity index is 2.21. The highest BCUT2D eigenvalue weighted by Gasteiger charge is 2.02. The van der Waals surface area contributed by atoms with Gasteiger partial charge < -0.3 is 10.6 Å². The van der Waals surface area contributed by atoms with Gasteiger partial charge in [0, 0.05) is 11.6 Å². The van der Waals surface area contributed by atoms with Gasteiger partial charge in [-0.2, -0.15) is 0 Å². The second-order valence-electron chi connectivity index (χ2n) is 3.86. The highest BCUT2D eigenvalue weighted by Crippen LogP contribution is 2.10. The molecule has 0 aliphatic carbocycles. The summed E-state index contributed by atoms with van der Waals surface area (Å²) in [7, 11) is 0. The van der Waals surface area contributed by atoms with E-state index in [0.29, 0.717) is 18.0 Å². The van der Waals surface area contributed by atoms with E-state index >= 15 is 0 Å². The predicted octanol–water partition coefficient (Wildman–Crippen LogP) is 2.00. The molecule has 1 rings (SSSR count). The third-order valence-corrected chi connectivity index (χ3v) is 2.59. The Bertz CT molecular complexity index is 355. The summed E-state index contributed by atoms with van der Waals surface area (Å²) in [6, 6.07) is 7.39. The molecule has 0 aliphatic heterocycles. The lowest BCUT2D eigenvalue weighted by molar-refractivity contribution is -0.120. The minimum atomic E-state index is 0.0452. The van der Waals surface area contributed by atoms with Crippen LogP contribution in [0.15, 0.2) is 24.3 Å². The van der Waals surface area contributed by atoms with Crippen molar-refractivity contribution in [2.75, 3.05) is 19.6 Å². The SMILES string of the molecule is CCNCCCNC(=O)Cc1cccc(Cl)c1. The van der Waals surface area contributed by atoms with E-state index in [1.807, 2.05) is 18.2 Å². The van der Waals surface area contributed by atoms with E-state index in [0.717, 1.165) is 25.1 Å². The summed E-state index contributed by atoms with van der Waals surface area (Å²) in [6.07, 6.45) is 1.34. The normalized spacial score (nSPS) is 10.2. The average Bonchev–Trinajstić information content (AvgIpc) is 2.29. The summed E-state index contributed by atoms with van der Waals surface area (Å²) in [5.41, 5.74) is 0.946. The van der Waals surface area contributed by atoms with Crippen molar-refractivity contribution >= 4 is 17.5 Å². The van der Waals surface area contributed by atoms with E-state index in [9.17, 15) is 4.79 Å². The van der Waals surface area contributed by atoms with E-state index in [-0.39, 0.29) is 5.91 Å². The number of hydrogen-bond donors (Lipinski definition) is 2. The van der Waals surface area contributed by atoms with Gasteiger partial charge in [0.1, 0.15) is 0 Å². The van der Waals surface area contributed by atoms with Crippen molar-refractivity contribution in [1.82, 2.24) is 10.6 Å². The zero-order valence-electron chi connectivity index (χ0n) is 10.1. The van der Waals surface area contributed by atoms with E-state index in [1.54, 1.807) is 6.07 Å². The molecular weight excluding hydrogens is 236 g/mol. The van der Waals surface area contributed by atoms with Crippen LogP contribution in [0.4, 0.5) is 0 Å². The van der Waals surface area contributed by atoms with Gasteiger partial charge in [0.25, 0.3) is 0 Å². The predicted molar refractivity (Wildman–Crippen MR) is 71.3 cm³/mol. The number of hydrogen-bond acceptors (Lipinski definition) is 2. The third-order valence-electron chi connectivity index (χ3n) is 2.36. The second kappa shape index (κ2) is 8.09. The summed E-state index contributed by atoms with van der Waals surface area (Å²) in [5.74, 6) is 0.0452. The third kappa shape index (κ3) is 6.29. The Morgan fingerprint density at radius 2 is 2.18 bits per heavy atom. The number of benzene rings is 1. The standard InChI is InChI=1S/C13H19ClN2O/c1-2-15-7-4-8-16-13(17)10-11-5-3-6-12(14)9-11/h3,5-6,9,15H,2,4,7-8,10H2,1H3,(H,16,17). The maximum Gasteiger partial charge on any atom is 0.224 e. The van der Waals surface area contributed by atoms with Gasteiger partial charge in [0.2, 0.25) is 5.91 Å². The molecule has 0 fully saturated rings. The van der Waals surface area contributed by atoms with Crippen LogP contribution in [0.2, 0.25) is 5.02 Å². The maximum absolute atomic E-state index is 11.6. The molecule has 0 spiro atoms. The Labute approximate surface area is 108 Å². The second-order valence-corrected chi connectivity index (χ2v) is 4.30. The molecule has 3 nitrogen and oxygen atoms in total. The van der Waals surface area contributed by atoms with Crippen molar-refractivity contribution in [2.24, 2.45) is 0 Å². The summed E-state index contributed by atoms with van der Waals surface area (Å²) >= 11 is 5.85. The molecule has 0 aliphatic rings. The fourth-order valence-corrected chi connectivity index (χ4v) is 1.73. The molecule has 0 heterocycles. The van der Waals surface area contributed by atoms with Gasteiger partial charge in [-0.1, -0.05) is 30.7 Å². The van der Waals surface area contributed by atoms with Gasteiger partial charge in [-0.15, -0.1) is 0 Å². The zero-order chi connectivity index (χ0) is 12.5. The van der Waals surface area contributed by atoms with E-state index in [1.165, 1.54) is 0 Å². The van der Waals surface area contributed by atoms with Crippen molar-refractivity contribution in [3.8, 4) is 0 Å². The summed E-state index contributed by atoms with van der Waals surface area (Å²) in [6.45, 7) is 4.69. The van der Waals surface area contributed by atoms with Gasteiger partial charge in [-0.3, -0.25) is 4.79 Å². The van der Waals surface area contributed by atoms with Crippen molar-refractivity contribution in [1.29, 1.82) is 0 Å². The summed E-state index contributed by atoms with van der Waals surface area (Å²) in [5, 5.41) is 6.77. The number of nitrogens with one attached hydrogen (secondary N) is 2. The van der Waals surface area contributed by atoms with Crippen molar-refractivity contribution in [3.05, 3.63) is 34.9 Å². The Hall–Kier alpha value is -1.06. The molecular formula is C13H19ClN2O. The summed E-state index contributed by atoms with van der Waals surface area (Å²) < 4.78 is 0. The molecule has 94 valence electrons. The number of amides is 1. The molecule has 0 bridgehead atoms. The van der Waals surface area contributed by atoms with Crippen molar-refractivity contribution < 1.29 is 4.79 Å². The number of carbonyl (C=O) groups excluding carboxylic acids is 1. The maximum atomic E-state index is 11.6. The van der Waals surface area contributed by atoms with Crippen LogP contribution in [0.25, 0.3) is 0 Å². The lowest BCUT2D eigenvalue weighted by atomic mass is 10.1. The van der Waals surface area contributed by atoms with Crippen LogP contribution >= 0.6 is 11.6 Å². The van der Waals surface area contributed by atoms with Crippen LogP contribution in [0.3, 0.4) is 0 Å². The van der Waals surface area contributed by atoms with Gasteiger partial charge in [-0.05, 0) is 37.2 Å². The van der Waals surface area contributed by atoms with Gasteiger partial charge in [0.05, 0.1) is 6.42 Å². The monoisotopic (exact) mass is 254 g/mol. The average molecular weight is 255 g/mol. The molecule has 1 aromatic carbocycles. The first kappa shape index (κ1) is 14.0. The van der Waals surface area contributed by atoms with E-state index in [2.05, 4.69) is 17.6 Å². The molecule has 4 heteroatoms. The highest BCUT2D eigenvalue weighted by atomic mass is 35.5. The Morgan fingerprint density at radius 1 is 1.35 bits per heavy atom.